The summed E-state index contributed by atoms with van der Waals surface area (Å²) in [5.74, 6) is 1.30. The van der Waals surface area contributed by atoms with Crippen molar-refractivity contribution in [3.05, 3.63) is 0 Å². The van der Waals surface area contributed by atoms with E-state index in [1.54, 1.807) is 0 Å². The molecule has 4 atom stereocenters. The number of hydrogen-bond acceptors (Lipinski definition) is 2. The summed E-state index contributed by atoms with van der Waals surface area (Å²) in [5.41, 5.74) is 0. The molecule has 2 heteroatoms. The first kappa shape index (κ1) is 13.0. The average Bonchev–Trinajstić information content (AvgIpc) is 2.68. The highest BCUT2D eigenvalue weighted by Crippen LogP contribution is 2.36. The lowest BCUT2D eigenvalue weighted by molar-refractivity contribution is -0.00483. The minimum Gasteiger partial charge on any atom is -0.396 e. The standard InChI is InChI=1S/C13H26O2/c1-4-10(7-8-14)13-9-11(5-2)12(6-3)15-13/h10-14H,4-9H2,1-3H3. The van der Waals surface area contributed by atoms with Gasteiger partial charge < -0.3 is 9.84 Å². The lowest BCUT2D eigenvalue weighted by Gasteiger charge is -2.21. The number of aliphatic hydroxyl groups excluding tert-OH is 1. The van der Waals surface area contributed by atoms with Gasteiger partial charge in [0, 0.05) is 6.61 Å². The van der Waals surface area contributed by atoms with Gasteiger partial charge in [-0.25, -0.2) is 0 Å². The Morgan fingerprint density at radius 3 is 2.40 bits per heavy atom. The lowest BCUT2D eigenvalue weighted by atomic mass is 9.88. The maximum Gasteiger partial charge on any atom is 0.0611 e. The molecule has 0 aliphatic carbocycles. The van der Waals surface area contributed by atoms with E-state index in [4.69, 9.17) is 9.84 Å². The Hall–Kier alpha value is -0.0800. The van der Waals surface area contributed by atoms with Gasteiger partial charge in [-0.05, 0) is 31.1 Å². The van der Waals surface area contributed by atoms with Crippen LogP contribution >= 0.6 is 0 Å². The smallest absolute Gasteiger partial charge is 0.0611 e. The van der Waals surface area contributed by atoms with Crippen LogP contribution in [0.5, 0.6) is 0 Å². The number of aliphatic hydroxyl groups is 1. The van der Waals surface area contributed by atoms with Gasteiger partial charge in [-0.15, -0.1) is 0 Å². The van der Waals surface area contributed by atoms with Crippen molar-refractivity contribution in [2.75, 3.05) is 6.61 Å². The third-order valence-corrected chi connectivity index (χ3v) is 3.89. The summed E-state index contributed by atoms with van der Waals surface area (Å²) in [5, 5.41) is 9.02. The van der Waals surface area contributed by atoms with E-state index in [1.807, 2.05) is 0 Å². The molecule has 15 heavy (non-hydrogen) atoms. The number of ether oxygens (including phenoxy) is 1. The van der Waals surface area contributed by atoms with Crippen LogP contribution in [0.25, 0.3) is 0 Å². The van der Waals surface area contributed by atoms with E-state index < -0.39 is 0 Å². The van der Waals surface area contributed by atoms with Crippen LogP contribution in [0.15, 0.2) is 0 Å². The molecule has 0 aromatic rings. The maximum atomic E-state index is 9.02. The van der Waals surface area contributed by atoms with E-state index in [1.165, 1.54) is 12.8 Å². The molecule has 1 saturated heterocycles. The Kier molecular flexibility index (Phi) is 5.62. The zero-order chi connectivity index (χ0) is 11.3. The fourth-order valence-electron chi connectivity index (χ4n) is 2.82. The SMILES string of the molecule is CCC1CC(C(CC)CCO)OC1CC. The Labute approximate surface area is 94.0 Å². The number of hydrogen-bond donors (Lipinski definition) is 1. The molecule has 0 saturated carbocycles. The molecule has 1 rings (SSSR count). The Morgan fingerprint density at radius 1 is 1.27 bits per heavy atom. The summed E-state index contributed by atoms with van der Waals surface area (Å²) in [4.78, 5) is 0. The summed E-state index contributed by atoms with van der Waals surface area (Å²) < 4.78 is 6.11. The molecular formula is C13H26O2. The van der Waals surface area contributed by atoms with Gasteiger partial charge in [-0.3, -0.25) is 0 Å². The highest BCUT2D eigenvalue weighted by Gasteiger charge is 2.36. The predicted molar refractivity (Wildman–Crippen MR) is 62.8 cm³/mol. The summed E-state index contributed by atoms with van der Waals surface area (Å²) in [6.07, 6.45) is 6.44. The predicted octanol–water partition coefficient (Wildman–Crippen LogP) is 2.99. The van der Waals surface area contributed by atoms with Gasteiger partial charge in [-0.1, -0.05) is 33.6 Å². The molecule has 0 amide bonds. The monoisotopic (exact) mass is 214 g/mol. The summed E-state index contributed by atoms with van der Waals surface area (Å²) in [6, 6.07) is 0. The second kappa shape index (κ2) is 6.49. The van der Waals surface area contributed by atoms with E-state index in [0.717, 1.165) is 25.2 Å². The Balaban J connectivity index is 2.50. The lowest BCUT2D eigenvalue weighted by Crippen LogP contribution is -2.21. The van der Waals surface area contributed by atoms with Gasteiger partial charge >= 0.3 is 0 Å². The summed E-state index contributed by atoms with van der Waals surface area (Å²) in [7, 11) is 0. The molecule has 4 unspecified atom stereocenters. The molecule has 1 aliphatic heterocycles. The van der Waals surface area contributed by atoms with Crippen molar-refractivity contribution in [3.8, 4) is 0 Å². The molecule has 1 aliphatic rings. The van der Waals surface area contributed by atoms with Crippen molar-refractivity contribution >= 4 is 0 Å². The summed E-state index contributed by atoms with van der Waals surface area (Å²) in [6.45, 7) is 6.96. The van der Waals surface area contributed by atoms with Crippen molar-refractivity contribution in [1.29, 1.82) is 0 Å². The molecule has 0 aromatic heterocycles. The largest absolute Gasteiger partial charge is 0.396 e. The summed E-state index contributed by atoms with van der Waals surface area (Å²) >= 11 is 0. The molecule has 0 radical (unpaired) electrons. The van der Waals surface area contributed by atoms with Crippen molar-refractivity contribution in [2.45, 2.75) is 65.1 Å². The zero-order valence-electron chi connectivity index (χ0n) is 10.4. The highest BCUT2D eigenvalue weighted by atomic mass is 16.5. The van der Waals surface area contributed by atoms with Crippen LogP contribution in [0, 0.1) is 11.8 Å². The molecule has 0 bridgehead atoms. The van der Waals surface area contributed by atoms with E-state index in [-0.39, 0.29) is 0 Å². The first-order valence-electron chi connectivity index (χ1n) is 6.53. The first-order valence-corrected chi connectivity index (χ1v) is 6.53. The van der Waals surface area contributed by atoms with Gasteiger partial charge in [-0.2, -0.15) is 0 Å². The van der Waals surface area contributed by atoms with Crippen LogP contribution in [0.4, 0.5) is 0 Å². The second-order valence-corrected chi connectivity index (χ2v) is 4.71. The van der Waals surface area contributed by atoms with Crippen LogP contribution in [-0.4, -0.2) is 23.9 Å². The third kappa shape index (κ3) is 3.18. The van der Waals surface area contributed by atoms with Crippen LogP contribution in [0.3, 0.4) is 0 Å². The molecule has 0 spiro atoms. The topological polar surface area (TPSA) is 29.5 Å². The quantitative estimate of drug-likeness (QED) is 0.736. The molecular weight excluding hydrogens is 188 g/mol. The maximum absolute atomic E-state index is 9.02. The second-order valence-electron chi connectivity index (χ2n) is 4.71. The van der Waals surface area contributed by atoms with E-state index >= 15 is 0 Å². The normalized spacial score (nSPS) is 33.2. The molecule has 1 fully saturated rings. The first-order chi connectivity index (χ1) is 7.26. The van der Waals surface area contributed by atoms with Crippen LogP contribution in [0.1, 0.15) is 52.9 Å². The fraction of sp³-hybridized carbons (Fsp3) is 1.00. The number of rotatable bonds is 6. The van der Waals surface area contributed by atoms with E-state index in [2.05, 4.69) is 20.8 Å². The van der Waals surface area contributed by atoms with Gasteiger partial charge in [0.1, 0.15) is 0 Å². The van der Waals surface area contributed by atoms with Gasteiger partial charge in [0.25, 0.3) is 0 Å². The van der Waals surface area contributed by atoms with Crippen molar-refractivity contribution in [1.82, 2.24) is 0 Å². The van der Waals surface area contributed by atoms with Crippen molar-refractivity contribution < 1.29 is 9.84 Å². The third-order valence-electron chi connectivity index (χ3n) is 3.89. The van der Waals surface area contributed by atoms with Crippen molar-refractivity contribution in [3.63, 3.8) is 0 Å². The Bertz CT molecular complexity index is 158. The minimum atomic E-state index is 0.298. The highest BCUT2D eigenvalue weighted by molar-refractivity contribution is 4.84. The molecule has 1 N–H and O–H groups in total. The average molecular weight is 214 g/mol. The van der Waals surface area contributed by atoms with E-state index in [0.29, 0.717) is 24.7 Å². The van der Waals surface area contributed by atoms with Crippen LogP contribution in [-0.2, 0) is 4.74 Å². The fourth-order valence-corrected chi connectivity index (χ4v) is 2.82. The van der Waals surface area contributed by atoms with Crippen LogP contribution in [0.2, 0.25) is 0 Å². The molecule has 2 nitrogen and oxygen atoms in total. The minimum absolute atomic E-state index is 0.298. The van der Waals surface area contributed by atoms with Crippen LogP contribution < -0.4 is 0 Å². The van der Waals surface area contributed by atoms with Gasteiger partial charge in [0.15, 0.2) is 0 Å². The van der Waals surface area contributed by atoms with E-state index in [9.17, 15) is 0 Å². The van der Waals surface area contributed by atoms with Gasteiger partial charge in [0.05, 0.1) is 12.2 Å². The Morgan fingerprint density at radius 2 is 2.00 bits per heavy atom. The van der Waals surface area contributed by atoms with Gasteiger partial charge in [0.2, 0.25) is 0 Å². The zero-order valence-corrected chi connectivity index (χ0v) is 10.4. The molecule has 90 valence electrons. The van der Waals surface area contributed by atoms with Crippen molar-refractivity contribution in [2.24, 2.45) is 11.8 Å². The molecule has 0 aromatic carbocycles. The molecule has 1 heterocycles.